The minimum Gasteiger partial charge on any atom is -0.477 e. The van der Waals surface area contributed by atoms with Gasteiger partial charge >= 0.3 is 5.97 Å². The Bertz CT molecular complexity index is 704. The molecule has 0 saturated carbocycles. The van der Waals surface area contributed by atoms with Crippen LogP contribution in [0.1, 0.15) is 35.1 Å². The number of aromatic nitrogens is 4. The summed E-state index contributed by atoms with van der Waals surface area (Å²) in [6, 6.07) is 1.42. The third kappa shape index (κ3) is 3.77. The van der Waals surface area contributed by atoms with Crippen LogP contribution in [0.2, 0.25) is 0 Å². The molecule has 0 radical (unpaired) electrons. The molecule has 2 aromatic heterocycles. The Balaban J connectivity index is 1.93. The molecular formula is C15H21N5O3. The van der Waals surface area contributed by atoms with Crippen molar-refractivity contribution in [3.63, 3.8) is 0 Å². The minimum absolute atomic E-state index is 0.0690. The Morgan fingerprint density at radius 1 is 1.30 bits per heavy atom. The molecule has 0 spiro atoms. The number of amides is 1. The van der Waals surface area contributed by atoms with E-state index in [9.17, 15) is 9.59 Å². The van der Waals surface area contributed by atoms with Gasteiger partial charge in [-0.05, 0) is 19.9 Å². The summed E-state index contributed by atoms with van der Waals surface area (Å²) >= 11 is 0. The smallest absolute Gasteiger partial charge is 0.354 e. The molecule has 1 N–H and O–H groups in total. The van der Waals surface area contributed by atoms with E-state index in [-0.39, 0.29) is 24.6 Å². The average molecular weight is 319 g/mol. The van der Waals surface area contributed by atoms with Gasteiger partial charge in [0.2, 0.25) is 5.91 Å². The quantitative estimate of drug-likeness (QED) is 0.826. The Morgan fingerprint density at radius 2 is 2.04 bits per heavy atom. The highest BCUT2D eigenvalue weighted by Gasteiger charge is 2.15. The summed E-state index contributed by atoms with van der Waals surface area (Å²) < 4.78 is 3.21. The summed E-state index contributed by atoms with van der Waals surface area (Å²) in [5, 5.41) is 17.2. The predicted octanol–water partition coefficient (Wildman–Crippen LogP) is 1.15. The number of aryl methyl sites for hydroxylation is 2. The highest BCUT2D eigenvalue weighted by molar-refractivity contribution is 5.85. The van der Waals surface area contributed by atoms with E-state index in [1.807, 2.05) is 18.5 Å². The molecule has 1 amide bonds. The summed E-state index contributed by atoms with van der Waals surface area (Å²) in [4.78, 5) is 24.8. The first-order valence-electron chi connectivity index (χ1n) is 7.44. The molecule has 8 nitrogen and oxygen atoms in total. The first kappa shape index (κ1) is 16.7. The Kier molecular flexibility index (Phi) is 5.15. The van der Waals surface area contributed by atoms with Crippen LogP contribution in [0.5, 0.6) is 0 Å². The first-order chi connectivity index (χ1) is 10.9. The molecule has 2 rings (SSSR count). The number of hydrogen-bond donors (Lipinski definition) is 1. The lowest BCUT2D eigenvalue weighted by Gasteiger charge is -2.17. The topological polar surface area (TPSA) is 93.3 Å². The number of aromatic carboxylic acids is 1. The van der Waals surface area contributed by atoms with Crippen molar-refractivity contribution in [3.05, 3.63) is 35.4 Å². The van der Waals surface area contributed by atoms with Gasteiger partial charge in [-0.25, -0.2) is 4.79 Å². The average Bonchev–Trinajstić information content (AvgIpc) is 3.12. The van der Waals surface area contributed by atoms with Crippen LogP contribution in [0.3, 0.4) is 0 Å². The van der Waals surface area contributed by atoms with Gasteiger partial charge in [0.25, 0.3) is 0 Å². The standard InChI is InChI=1S/C15H21N5O3/c1-4-19-11(2)12(9-17-19)10-18(3)14(21)6-8-20-13(15(22)23)5-7-16-20/h5,7,9H,4,6,8,10H2,1-3H3,(H,22,23). The molecule has 23 heavy (non-hydrogen) atoms. The van der Waals surface area contributed by atoms with Crippen molar-refractivity contribution >= 4 is 11.9 Å². The van der Waals surface area contributed by atoms with Crippen LogP contribution >= 0.6 is 0 Å². The highest BCUT2D eigenvalue weighted by Crippen LogP contribution is 2.11. The maximum absolute atomic E-state index is 12.2. The van der Waals surface area contributed by atoms with Crippen molar-refractivity contribution in [1.29, 1.82) is 0 Å². The second-order valence-electron chi connectivity index (χ2n) is 5.32. The molecule has 0 aliphatic carbocycles. The van der Waals surface area contributed by atoms with Crippen molar-refractivity contribution in [2.75, 3.05) is 7.05 Å². The van der Waals surface area contributed by atoms with Crippen molar-refractivity contribution < 1.29 is 14.7 Å². The maximum Gasteiger partial charge on any atom is 0.354 e. The molecule has 8 heteroatoms. The van der Waals surface area contributed by atoms with E-state index in [2.05, 4.69) is 10.2 Å². The maximum atomic E-state index is 12.2. The number of carboxylic acid groups (broad SMARTS) is 1. The largest absolute Gasteiger partial charge is 0.477 e. The molecule has 0 atom stereocenters. The predicted molar refractivity (Wildman–Crippen MR) is 82.9 cm³/mol. The minimum atomic E-state index is -1.05. The zero-order valence-electron chi connectivity index (χ0n) is 13.6. The number of hydrogen-bond acceptors (Lipinski definition) is 4. The Hall–Kier alpha value is -2.64. The molecule has 2 heterocycles. The van der Waals surface area contributed by atoms with E-state index >= 15 is 0 Å². The Labute approximate surface area is 134 Å². The lowest BCUT2D eigenvalue weighted by atomic mass is 10.2. The normalized spacial score (nSPS) is 10.7. The van der Waals surface area contributed by atoms with Crippen molar-refractivity contribution in [2.24, 2.45) is 0 Å². The van der Waals surface area contributed by atoms with E-state index in [1.165, 1.54) is 16.9 Å². The van der Waals surface area contributed by atoms with Gasteiger partial charge in [0, 0.05) is 44.0 Å². The molecule has 0 saturated heterocycles. The van der Waals surface area contributed by atoms with Crippen molar-refractivity contribution in [2.45, 2.75) is 39.9 Å². The van der Waals surface area contributed by atoms with Crippen LogP contribution in [0.15, 0.2) is 18.5 Å². The van der Waals surface area contributed by atoms with E-state index in [0.29, 0.717) is 6.54 Å². The zero-order valence-corrected chi connectivity index (χ0v) is 13.6. The lowest BCUT2D eigenvalue weighted by Crippen LogP contribution is -2.27. The molecule has 2 aromatic rings. The third-order valence-electron chi connectivity index (χ3n) is 3.81. The first-order valence-corrected chi connectivity index (χ1v) is 7.44. The number of carboxylic acids is 1. The van der Waals surface area contributed by atoms with E-state index in [0.717, 1.165) is 17.8 Å². The van der Waals surface area contributed by atoms with E-state index in [1.54, 1.807) is 18.1 Å². The van der Waals surface area contributed by atoms with Crippen LogP contribution in [-0.2, 0) is 24.4 Å². The van der Waals surface area contributed by atoms with Gasteiger partial charge in [-0.2, -0.15) is 10.2 Å². The number of rotatable bonds is 7. The molecule has 0 fully saturated rings. The van der Waals surface area contributed by atoms with Crippen LogP contribution in [0, 0.1) is 6.92 Å². The SMILES string of the molecule is CCn1ncc(CN(C)C(=O)CCn2nccc2C(=O)O)c1C. The highest BCUT2D eigenvalue weighted by atomic mass is 16.4. The molecule has 0 aromatic carbocycles. The molecular weight excluding hydrogens is 298 g/mol. The fourth-order valence-electron chi connectivity index (χ4n) is 2.39. The monoisotopic (exact) mass is 319 g/mol. The second kappa shape index (κ2) is 7.08. The number of nitrogens with zero attached hydrogens (tertiary/aromatic N) is 5. The molecule has 124 valence electrons. The van der Waals surface area contributed by atoms with E-state index < -0.39 is 5.97 Å². The summed E-state index contributed by atoms with van der Waals surface area (Å²) in [5.74, 6) is -1.12. The third-order valence-corrected chi connectivity index (χ3v) is 3.81. The van der Waals surface area contributed by atoms with Crippen LogP contribution in [-0.4, -0.2) is 48.5 Å². The van der Waals surface area contributed by atoms with Gasteiger partial charge in [-0.15, -0.1) is 0 Å². The van der Waals surface area contributed by atoms with Gasteiger partial charge in [0.15, 0.2) is 0 Å². The molecule has 0 bridgehead atoms. The summed E-state index contributed by atoms with van der Waals surface area (Å²) in [6.45, 7) is 5.51. The van der Waals surface area contributed by atoms with E-state index in [4.69, 9.17) is 5.11 Å². The van der Waals surface area contributed by atoms with Crippen LogP contribution in [0.25, 0.3) is 0 Å². The lowest BCUT2D eigenvalue weighted by molar-refractivity contribution is -0.130. The number of carbonyl (C=O) groups is 2. The summed E-state index contributed by atoms with van der Waals surface area (Å²) in [5.41, 5.74) is 2.14. The van der Waals surface area contributed by atoms with Crippen molar-refractivity contribution in [3.8, 4) is 0 Å². The fraction of sp³-hybridized carbons (Fsp3) is 0.467. The van der Waals surface area contributed by atoms with Crippen LogP contribution in [0.4, 0.5) is 0 Å². The molecule has 0 unspecified atom stereocenters. The van der Waals surface area contributed by atoms with Crippen molar-refractivity contribution in [1.82, 2.24) is 24.5 Å². The Morgan fingerprint density at radius 3 is 2.65 bits per heavy atom. The molecule has 0 aliphatic heterocycles. The van der Waals surface area contributed by atoms with Gasteiger partial charge < -0.3 is 10.0 Å². The fourth-order valence-corrected chi connectivity index (χ4v) is 2.39. The summed E-state index contributed by atoms with van der Waals surface area (Å²) in [7, 11) is 1.73. The number of carbonyl (C=O) groups excluding carboxylic acids is 1. The summed E-state index contributed by atoms with van der Waals surface area (Å²) in [6.07, 6.45) is 3.39. The molecule has 0 aliphatic rings. The van der Waals surface area contributed by atoms with Gasteiger partial charge in [-0.1, -0.05) is 0 Å². The van der Waals surface area contributed by atoms with Gasteiger partial charge in [-0.3, -0.25) is 14.2 Å². The zero-order chi connectivity index (χ0) is 17.0. The second-order valence-corrected chi connectivity index (χ2v) is 5.32. The van der Waals surface area contributed by atoms with Gasteiger partial charge in [0.1, 0.15) is 5.69 Å². The van der Waals surface area contributed by atoms with Crippen LogP contribution < -0.4 is 0 Å². The van der Waals surface area contributed by atoms with Gasteiger partial charge in [0.05, 0.1) is 12.7 Å².